The van der Waals surface area contributed by atoms with Crippen LogP contribution in [0.15, 0.2) is 192 Å². The number of benzene rings is 5. The maximum Gasteiger partial charge on any atom is 0.135 e. The summed E-state index contributed by atoms with van der Waals surface area (Å²) in [5.74, 6) is 1.14. The topological polar surface area (TPSA) is 16.4 Å². The van der Waals surface area contributed by atoms with Crippen LogP contribution in [0.5, 0.6) is 0 Å². The van der Waals surface area contributed by atoms with Crippen LogP contribution in [0.25, 0.3) is 54.9 Å². The first-order valence-corrected chi connectivity index (χ1v) is 21.3. The highest BCUT2D eigenvalue weighted by Gasteiger charge is 2.25. The number of fused-ring (bicyclic) bond motifs is 6. The van der Waals surface area contributed by atoms with E-state index in [-0.39, 0.29) is 0 Å². The van der Waals surface area contributed by atoms with Crippen LogP contribution in [0, 0.1) is 5.92 Å². The Balaban J connectivity index is 0.920. The van der Waals surface area contributed by atoms with Gasteiger partial charge in [0.25, 0.3) is 0 Å². The number of para-hydroxylation sites is 1. The average Bonchev–Trinajstić information content (AvgIpc) is 3.86. The third-order valence-electron chi connectivity index (χ3n) is 12.4. The molecule has 276 valence electrons. The van der Waals surface area contributed by atoms with Crippen molar-refractivity contribution < 1.29 is 4.42 Å². The Hall–Kier alpha value is -6.16. The van der Waals surface area contributed by atoms with Crippen LogP contribution in [-0.4, -0.2) is 0 Å². The molecule has 0 amide bonds. The highest BCUT2D eigenvalue weighted by molar-refractivity contribution is 7.17. The number of nitrogens with zero attached hydrogens (tertiary/aromatic N) is 1. The van der Waals surface area contributed by atoms with E-state index in [0.717, 1.165) is 43.3 Å². The highest BCUT2D eigenvalue weighted by atomic mass is 32.1. The largest absolute Gasteiger partial charge is 0.456 e. The lowest BCUT2D eigenvalue weighted by atomic mass is 9.83. The van der Waals surface area contributed by atoms with Crippen LogP contribution >= 0.6 is 11.3 Å². The zero-order valence-electron chi connectivity index (χ0n) is 31.9. The van der Waals surface area contributed by atoms with Crippen LogP contribution < -0.4 is 14.7 Å². The van der Waals surface area contributed by atoms with E-state index in [2.05, 4.69) is 181 Å². The van der Waals surface area contributed by atoms with Gasteiger partial charge in [0.05, 0.1) is 4.53 Å². The molecule has 4 aliphatic rings. The van der Waals surface area contributed by atoms with E-state index >= 15 is 0 Å². The number of furan rings is 1. The van der Waals surface area contributed by atoms with Crippen LogP contribution in [0.4, 0.5) is 5.69 Å². The smallest absolute Gasteiger partial charge is 0.135 e. The monoisotopic (exact) mass is 753 g/mol. The summed E-state index contributed by atoms with van der Waals surface area (Å²) in [5.41, 5.74) is 12.5. The average molecular weight is 754 g/mol. The summed E-state index contributed by atoms with van der Waals surface area (Å²) in [6.07, 6.45) is 31.0. The zero-order valence-corrected chi connectivity index (χ0v) is 32.7. The van der Waals surface area contributed by atoms with E-state index in [9.17, 15) is 0 Å². The third-order valence-corrected chi connectivity index (χ3v) is 13.7. The summed E-state index contributed by atoms with van der Waals surface area (Å²) in [6.45, 7) is 0. The number of thiophene rings is 1. The second-order valence-corrected chi connectivity index (χ2v) is 16.8. The van der Waals surface area contributed by atoms with Gasteiger partial charge in [-0.05, 0) is 95.5 Å². The fourth-order valence-electron chi connectivity index (χ4n) is 9.39. The van der Waals surface area contributed by atoms with Gasteiger partial charge in [-0.25, -0.2) is 0 Å². The molecule has 2 heterocycles. The normalized spacial score (nSPS) is 20.1. The van der Waals surface area contributed by atoms with Crippen LogP contribution in [0.3, 0.4) is 0 Å². The van der Waals surface area contributed by atoms with Gasteiger partial charge < -0.3 is 9.32 Å². The van der Waals surface area contributed by atoms with Gasteiger partial charge in [-0.3, -0.25) is 0 Å². The molecule has 3 unspecified atom stereocenters. The molecule has 0 N–H and O–H groups in total. The quantitative estimate of drug-likeness (QED) is 0.161. The van der Waals surface area contributed by atoms with Crippen LogP contribution in [-0.2, 0) is 0 Å². The van der Waals surface area contributed by atoms with Gasteiger partial charge in [0.15, 0.2) is 0 Å². The van der Waals surface area contributed by atoms with Crippen molar-refractivity contribution in [2.75, 3.05) is 4.90 Å². The number of hydrogen-bond donors (Lipinski definition) is 0. The molecule has 3 heteroatoms. The van der Waals surface area contributed by atoms with Crippen molar-refractivity contribution in [3.8, 4) is 11.1 Å². The molecular weight excluding hydrogens is 711 g/mol. The van der Waals surface area contributed by atoms with E-state index in [1.807, 2.05) is 17.4 Å². The summed E-state index contributed by atoms with van der Waals surface area (Å²) in [6, 6.07) is 42.2. The number of allylic oxidation sites excluding steroid dienone is 11. The lowest BCUT2D eigenvalue weighted by Crippen LogP contribution is -2.34. The van der Waals surface area contributed by atoms with Gasteiger partial charge >= 0.3 is 0 Å². The Morgan fingerprint density at radius 1 is 0.596 bits per heavy atom. The lowest BCUT2D eigenvalue weighted by Gasteiger charge is -2.32. The van der Waals surface area contributed by atoms with E-state index in [1.54, 1.807) is 0 Å². The van der Waals surface area contributed by atoms with Crippen molar-refractivity contribution in [1.82, 2.24) is 0 Å². The van der Waals surface area contributed by atoms with Crippen molar-refractivity contribution in [2.45, 2.75) is 43.9 Å². The number of anilines is 1. The summed E-state index contributed by atoms with van der Waals surface area (Å²) in [4.78, 5) is 2.58. The molecule has 0 saturated carbocycles. The van der Waals surface area contributed by atoms with Crippen molar-refractivity contribution in [2.24, 2.45) is 5.92 Å². The summed E-state index contributed by atoms with van der Waals surface area (Å²) in [5, 5.41) is 5.12. The standard InChI is InChI=1S/C54H43NOS/c1-3-11-36(12-4-1)38-25-30-43(31-26-38)55(50-19-10-18-49-48-17-9-16-45(53(48)57-54(49)50)41-13-5-2-6-14-41)44-32-27-39(28-33-44)37-21-23-40(24-22-37)42-29-34-47-46-15-7-8-20-51(46)56-52(47)35-42/h1-9,11,13-18,20-23,25-27,29-36,39-40H,10,12,19,24,28H2. The summed E-state index contributed by atoms with van der Waals surface area (Å²) >= 11 is 1.96. The first kappa shape index (κ1) is 34.1. The first-order chi connectivity index (χ1) is 28.2. The lowest BCUT2D eigenvalue weighted by molar-refractivity contribution is 0.667. The molecular formula is C54H43NOS. The Bertz CT molecular complexity index is 3000. The second kappa shape index (κ2) is 14.4. The molecule has 0 aliphatic heterocycles. The van der Waals surface area contributed by atoms with E-state index in [1.165, 1.54) is 75.5 Å². The van der Waals surface area contributed by atoms with Crippen molar-refractivity contribution in [3.05, 3.63) is 208 Å². The Morgan fingerprint density at radius 3 is 2.21 bits per heavy atom. The number of hydrogen-bond acceptors (Lipinski definition) is 3. The molecule has 4 aliphatic carbocycles. The molecule has 0 saturated heterocycles. The van der Waals surface area contributed by atoms with Crippen LogP contribution in [0.2, 0.25) is 0 Å². The van der Waals surface area contributed by atoms with E-state index in [4.69, 9.17) is 4.42 Å². The van der Waals surface area contributed by atoms with E-state index < -0.39 is 0 Å². The summed E-state index contributed by atoms with van der Waals surface area (Å²) < 4.78 is 9.00. The molecule has 7 aromatic rings. The SMILES string of the molecule is C1=CCC(c2ccc(N(C3=CCC(C4=CCC(c5ccc6c(c5)oc5ccccc56)C=C4)C=C3)C3=c4sc5c(-c6ccccc6)cccc5c4=CCC3)cc2)C=C1. The van der Waals surface area contributed by atoms with Crippen LogP contribution in [0.1, 0.15) is 55.1 Å². The molecule has 2 nitrogen and oxygen atoms in total. The first-order valence-electron chi connectivity index (χ1n) is 20.5. The maximum atomic E-state index is 6.23. The van der Waals surface area contributed by atoms with Crippen molar-refractivity contribution in [1.29, 1.82) is 0 Å². The molecule has 57 heavy (non-hydrogen) atoms. The van der Waals surface area contributed by atoms with Gasteiger partial charge in [-0.2, -0.15) is 0 Å². The zero-order chi connectivity index (χ0) is 37.7. The van der Waals surface area contributed by atoms with Crippen molar-refractivity contribution >= 4 is 60.8 Å². The maximum absolute atomic E-state index is 6.23. The van der Waals surface area contributed by atoms with Gasteiger partial charge in [-0.1, -0.05) is 152 Å². The minimum absolute atomic E-state index is 0.348. The summed E-state index contributed by atoms with van der Waals surface area (Å²) in [7, 11) is 0. The molecule has 2 aromatic heterocycles. The van der Waals surface area contributed by atoms with E-state index in [0.29, 0.717) is 17.8 Å². The minimum atomic E-state index is 0.348. The van der Waals surface area contributed by atoms with Gasteiger partial charge in [-0.15, -0.1) is 11.3 Å². The Kier molecular flexibility index (Phi) is 8.62. The van der Waals surface area contributed by atoms with Gasteiger partial charge in [0.2, 0.25) is 0 Å². The Labute approximate surface area is 337 Å². The molecule has 0 spiro atoms. The molecule has 0 radical (unpaired) electrons. The fraction of sp³-hybridized carbons (Fsp3) is 0.148. The molecule has 0 bridgehead atoms. The van der Waals surface area contributed by atoms with Gasteiger partial charge in [0.1, 0.15) is 11.2 Å². The highest BCUT2D eigenvalue weighted by Crippen LogP contribution is 2.39. The van der Waals surface area contributed by atoms with Gasteiger partial charge in [0, 0.05) is 55.7 Å². The third kappa shape index (κ3) is 6.18. The Morgan fingerprint density at radius 2 is 1.39 bits per heavy atom. The minimum Gasteiger partial charge on any atom is -0.456 e. The number of rotatable bonds is 7. The predicted molar refractivity (Wildman–Crippen MR) is 242 cm³/mol. The molecule has 0 fully saturated rings. The van der Waals surface area contributed by atoms with Crippen molar-refractivity contribution in [3.63, 3.8) is 0 Å². The second-order valence-electron chi connectivity index (χ2n) is 15.8. The fourth-order valence-corrected chi connectivity index (χ4v) is 10.8. The molecule has 3 atom stereocenters. The molecule has 5 aromatic carbocycles. The molecule has 11 rings (SSSR count). The predicted octanol–water partition coefficient (Wildman–Crippen LogP) is 13.4.